The van der Waals surface area contributed by atoms with Crippen molar-refractivity contribution < 1.29 is 4.74 Å². The minimum absolute atomic E-state index is 0.244. The molecule has 22 heavy (non-hydrogen) atoms. The van der Waals surface area contributed by atoms with Gasteiger partial charge in [-0.2, -0.15) is 4.98 Å². The Morgan fingerprint density at radius 2 is 1.82 bits per heavy atom. The lowest BCUT2D eigenvalue weighted by molar-refractivity contribution is 0.261. The number of nitrogens with zero attached hydrogens (tertiary/aromatic N) is 2. The Hall–Kier alpha value is -1.52. The van der Waals surface area contributed by atoms with E-state index in [0.717, 1.165) is 11.6 Å². The van der Waals surface area contributed by atoms with E-state index < -0.39 is 0 Å². The Morgan fingerprint density at radius 1 is 1.14 bits per heavy atom. The van der Waals surface area contributed by atoms with Gasteiger partial charge in [0.25, 0.3) is 0 Å². The Balaban J connectivity index is 2.21. The highest BCUT2D eigenvalue weighted by molar-refractivity contribution is 5.67. The van der Waals surface area contributed by atoms with Gasteiger partial charge in [0.15, 0.2) is 5.82 Å². The summed E-state index contributed by atoms with van der Waals surface area (Å²) in [6.07, 6.45) is 6.25. The summed E-state index contributed by atoms with van der Waals surface area (Å²) < 4.78 is 5.80. The molecule has 0 atom stereocenters. The lowest BCUT2D eigenvalue weighted by Crippen LogP contribution is -2.24. The number of ether oxygens (including phenoxy) is 1. The van der Waals surface area contributed by atoms with Crippen LogP contribution in [0.1, 0.15) is 71.5 Å². The van der Waals surface area contributed by atoms with Crippen LogP contribution in [0.5, 0.6) is 5.88 Å². The van der Waals surface area contributed by atoms with Crippen molar-refractivity contribution in [2.45, 2.75) is 71.8 Å². The molecular weight excluding hydrogens is 276 g/mol. The first kappa shape index (κ1) is 16.8. The SMILES string of the molecule is CC(C)COc1nc(C(C)C)nc(NC2CCCCC2)c1N. The van der Waals surface area contributed by atoms with Crippen LogP contribution in [0, 0.1) is 5.92 Å². The lowest BCUT2D eigenvalue weighted by Gasteiger charge is -2.25. The first-order valence-corrected chi connectivity index (χ1v) is 8.54. The second kappa shape index (κ2) is 7.65. The van der Waals surface area contributed by atoms with Crippen molar-refractivity contribution in [1.82, 2.24) is 9.97 Å². The Kier molecular flexibility index (Phi) is 5.86. The maximum Gasteiger partial charge on any atom is 0.242 e. The molecule has 0 bridgehead atoms. The van der Waals surface area contributed by atoms with Crippen LogP contribution in [-0.4, -0.2) is 22.6 Å². The minimum Gasteiger partial charge on any atom is -0.476 e. The molecule has 0 radical (unpaired) electrons. The van der Waals surface area contributed by atoms with Crippen molar-refractivity contribution >= 4 is 11.5 Å². The summed E-state index contributed by atoms with van der Waals surface area (Å²) >= 11 is 0. The van der Waals surface area contributed by atoms with Gasteiger partial charge in [0.1, 0.15) is 11.5 Å². The van der Waals surface area contributed by atoms with Crippen molar-refractivity contribution in [3.8, 4) is 5.88 Å². The summed E-state index contributed by atoms with van der Waals surface area (Å²) in [4.78, 5) is 9.13. The molecule has 2 rings (SSSR count). The third-order valence-electron chi connectivity index (χ3n) is 3.94. The van der Waals surface area contributed by atoms with Crippen LogP contribution in [0.3, 0.4) is 0 Å². The predicted molar refractivity (Wildman–Crippen MR) is 91.4 cm³/mol. The maximum atomic E-state index is 6.24. The molecule has 0 saturated heterocycles. The van der Waals surface area contributed by atoms with E-state index in [9.17, 15) is 0 Å². The van der Waals surface area contributed by atoms with Gasteiger partial charge < -0.3 is 15.8 Å². The molecule has 124 valence electrons. The highest BCUT2D eigenvalue weighted by Gasteiger charge is 2.19. The minimum atomic E-state index is 0.244. The quantitative estimate of drug-likeness (QED) is 0.832. The smallest absolute Gasteiger partial charge is 0.242 e. The van der Waals surface area contributed by atoms with Crippen LogP contribution in [0.4, 0.5) is 11.5 Å². The van der Waals surface area contributed by atoms with E-state index >= 15 is 0 Å². The third kappa shape index (κ3) is 4.49. The van der Waals surface area contributed by atoms with Gasteiger partial charge >= 0.3 is 0 Å². The predicted octanol–water partition coefficient (Wildman–Crippen LogP) is 3.96. The van der Waals surface area contributed by atoms with Crippen LogP contribution < -0.4 is 15.8 Å². The standard InChI is InChI=1S/C17H30N4O/c1-11(2)10-22-17-14(18)16(20-15(21-17)12(3)4)19-13-8-6-5-7-9-13/h11-13H,5-10,18H2,1-4H3,(H,19,20,21). The fraction of sp³-hybridized carbons (Fsp3) is 0.765. The van der Waals surface area contributed by atoms with Gasteiger partial charge in [-0.3, -0.25) is 0 Å². The van der Waals surface area contributed by atoms with Crippen LogP contribution in [0.15, 0.2) is 0 Å². The van der Waals surface area contributed by atoms with Crippen molar-refractivity contribution in [2.24, 2.45) is 5.92 Å². The second-order valence-electron chi connectivity index (χ2n) is 6.99. The van der Waals surface area contributed by atoms with Gasteiger partial charge in [-0.15, -0.1) is 0 Å². The number of nitrogens with one attached hydrogen (secondary N) is 1. The number of aromatic nitrogens is 2. The third-order valence-corrected chi connectivity index (χ3v) is 3.94. The first-order valence-electron chi connectivity index (χ1n) is 8.54. The van der Waals surface area contributed by atoms with Crippen molar-refractivity contribution in [3.05, 3.63) is 5.82 Å². The number of nitrogen functional groups attached to an aromatic ring is 1. The van der Waals surface area contributed by atoms with Crippen LogP contribution >= 0.6 is 0 Å². The second-order valence-corrected chi connectivity index (χ2v) is 6.99. The number of nitrogens with two attached hydrogens (primary N) is 1. The van der Waals surface area contributed by atoms with Gasteiger partial charge in [-0.1, -0.05) is 47.0 Å². The van der Waals surface area contributed by atoms with E-state index in [2.05, 4.69) is 43.0 Å². The zero-order valence-electron chi connectivity index (χ0n) is 14.4. The maximum absolute atomic E-state index is 6.24. The Labute approximate surface area is 134 Å². The molecule has 1 saturated carbocycles. The average molecular weight is 306 g/mol. The summed E-state index contributed by atoms with van der Waals surface area (Å²) in [7, 11) is 0. The molecule has 1 fully saturated rings. The first-order chi connectivity index (χ1) is 10.5. The summed E-state index contributed by atoms with van der Waals surface area (Å²) in [6.45, 7) is 9.01. The van der Waals surface area contributed by atoms with E-state index in [-0.39, 0.29) is 5.92 Å². The van der Waals surface area contributed by atoms with E-state index in [1.165, 1.54) is 32.1 Å². The molecule has 0 spiro atoms. The summed E-state index contributed by atoms with van der Waals surface area (Å²) in [5, 5.41) is 3.52. The van der Waals surface area contributed by atoms with Crippen LogP contribution in [-0.2, 0) is 0 Å². The molecule has 0 aliphatic heterocycles. The highest BCUT2D eigenvalue weighted by Crippen LogP contribution is 2.31. The number of anilines is 2. The van der Waals surface area contributed by atoms with Gasteiger partial charge in [0.2, 0.25) is 5.88 Å². The zero-order valence-corrected chi connectivity index (χ0v) is 14.4. The van der Waals surface area contributed by atoms with Gasteiger partial charge in [0.05, 0.1) is 6.61 Å². The summed E-state index contributed by atoms with van der Waals surface area (Å²) in [5.74, 6) is 2.72. The molecule has 5 nitrogen and oxygen atoms in total. The molecule has 1 aliphatic rings. The van der Waals surface area contributed by atoms with E-state index in [1.807, 2.05) is 0 Å². The monoisotopic (exact) mass is 306 g/mol. The molecule has 1 aromatic rings. The summed E-state index contributed by atoms with van der Waals surface area (Å²) in [6, 6.07) is 0.462. The van der Waals surface area contributed by atoms with Crippen LogP contribution in [0.25, 0.3) is 0 Å². The van der Waals surface area contributed by atoms with Gasteiger partial charge in [0, 0.05) is 12.0 Å². The zero-order chi connectivity index (χ0) is 16.1. The molecule has 3 N–H and O–H groups in total. The molecule has 1 heterocycles. The van der Waals surface area contributed by atoms with E-state index in [0.29, 0.717) is 30.1 Å². The normalized spacial score (nSPS) is 16.3. The molecule has 0 unspecified atom stereocenters. The topological polar surface area (TPSA) is 73.1 Å². The fourth-order valence-corrected chi connectivity index (χ4v) is 2.63. The molecular formula is C17H30N4O. The van der Waals surface area contributed by atoms with Gasteiger partial charge in [-0.05, 0) is 18.8 Å². The lowest BCUT2D eigenvalue weighted by atomic mass is 9.95. The van der Waals surface area contributed by atoms with Crippen molar-refractivity contribution in [2.75, 3.05) is 17.7 Å². The fourth-order valence-electron chi connectivity index (χ4n) is 2.63. The van der Waals surface area contributed by atoms with Crippen molar-refractivity contribution in [3.63, 3.8) is 0 Å². The Bertz CT molecular complexity index is 482. The molecule has 5 heteroatoms. The number of hydrogen-bond acceptors (Lipinski definition) is 5. The van der Waals surface area contributed by atoms with Gasteiger partial charge in [-0.25, -0.2) is 4.98 Å². The number of hydrogen-bond donors (Lipinski definition) is 2. The van der Waals surface area contributed by atoms with Crippen molar-refractivity contribution in [1.29, 1.82) is 0 Å². The Morgan fingerprint density at radius 3 is 2.41 bits per heavy atom. The van der Waals surface area contributed by atoms with E-state index in [1.54, 1.807) is 0 Å². The molecule has 0 amide bonds. The highest BCUT2D eigenvalue weighted by atomic mass is 16.5. The average Bonchev–Trinajstić information content (AvgIpc) is 2.48. The largest absolute Gasteiger partial charge is 0.476 e. The molecule has 0 aromatic carbocycles. The van der Waals surface area contributed by atoms with Crippen LogP contribution in [0.2, 0.25) is 0 Å². The summed E-state index contributed by atoms with van der Waals surface area (Å²) in [5.41, 5.74) is 6.78. The molecule has 1 aromatic heterocycles. The van der Waals surface area contributed by atoms with E-state index in [4.69, 9.17) is 10.5 Å². The number of rotatable bonds is 6. The molecule has 1 aliphatic carbocycles.